The monoisotopic (exact) mass is 143 g/mol. The normalized spacial score (nSPS) is 47.1. The summed E-state index contributed by atoms with van der Waals surface area (Å²) in [5, 5.41) is 9.37. The predicted molar refractivity (Wildman–Crippen MR) is 36.8 cm³/mol. The van der Waals surface area contributed by atoms with Gasteiger partial charge in [-0.05, 0) is 6.42 Å². The van der Waals surface area contributed by atoms with Gasteiger partial charge >= 0.3 is 0 Å². The molecule has 3 heteroatoms. The van der Waals surface area contributed by atoms with Crippen LogP contribution in [0.15, 0.2) is 0 Å². The summed E-state index contributed by atoms with van der Waals surface area (Å²) < 4.78 is 5.37. The first-order chi connectivity index (χ1) is 4.86. The van der Waals surface area contributed by atoms with Crippen LogP contribution >= 0.6 is 0 Å². The minimum atomic E-state index is -0.212. The first kappa shape index (κ1) is 6.58. The molecule has 3 nitrogen and oxygen atoms in total. The van der Waals surface area contributed by atoms with E-state index in [4.69, 9.17) is 4.74 Å². The molecule has 3 atom stereocenters. The van der Waals surface area contributed by atoms with Gasteiger partial charge in [-0.25, -0.2) is 0 Å². The number of nitrogens with zero attached hydrogens (tertiary/aromatic N) is 1. The lowest BCUT2D eigenvalue weighted by molar-refractivity contribution is -0.117. The molecule has 1 N–H and O–H groups in total. The molecule has 0 aromatic heterocycles. The molecule has 58 valence electrons. The summed E-state index contributed by atoms with van der Waals surface area (Å²) in [6.07, 6.45) is 0.768. The van der Waals surface area contributed by atoms with Gasteiger partial charge in [-0.1, -0.05) is 0 Å². The smallest absolute Gasteiger partial charge is 0.0961 e. The average Bonchev–Trinajstić information content (AvgIpc) is 1.99. The zero-order chi connectivity index (χ0) is 6.97. The van der Waals surface area contributed by atoms with E-state index in [0.29, 0.717) is 0 Å². The van der Waals surface area contributed by atoms with Crippen LogP contribution in [0.3, 0.4) is 0 Å². The van der Waals surface area contributed by atoms with E-state index in [2.05, 4.69) is 4.90 Å². The molecule has 2 heterocycles. The summed E-state index contributed by atoms with van der Waals surface area (Å²) >= 11 is 0. The molecule has 2 fully saturated rings. The van der Waals surface area contributed by atoms with Crippen LogP contribution in [-0.2, 0) is 4.74 Å². The number of aliphatic hydroxyl groups excluding tert-OH is 1. The molecule has 2 aliphatic rings. The number of hydrogen-bond donors (Lipinski definition) is 1. The summed E-state index contributed by atoms with van der Waals surface area (Å²) in [6, 6.07) is 0. The number of hydrogen-bond acceptors (Lipinski definition) is 3. The molecule has 2 aliphatic heterocycles. The van der Waals surface area contributed by atoms with Crippen molar-refractivity contribution >= 4 is 0 Å². The topological polar surface area (TPSA) is 32.7 Å². The van der Waals surface area contributed by atoms with Crippen LogP contribution in [0.4, 0.5) is 0 Å². The van der Waals surface area contributed by atoms with E-state index in [-0.39, 0.29) is 12.2 Å². The largest absolute Gasteiger partial charge is 0.390 e. The zero-order valence-electron chi connectivity index (χ0n) is 5.99. The van der Waals surface area contributed by atoms with Crippen LogP contribution < -0.4 is 0 Å². The summed E-state index contributed by atoms with van der Waals surface area (Å²) in [6.45, 7) is 3.81. The van der Waals surface area contributed by atoms with Crippen molar-refractivity contribution in [3.05, 3.63) is 0 Å². The summed E-state index contributed by atoms with van der Waals surface area (Å²) in [5.74, 6) is 0. The molecule has 0 saturated carbocycles. The molecule has 0 radical (unpaired) electrons. The van der Waals surface area contributed by atoms with Gasteiger partial charge in [0.2, 0.25) is 0 Å². The van der Waals surface area contributed by atoms with Crippen LogP contribution in [0.25, 0.3) is 0 Å². The Labute approximate surface area is 60.6 Å². The molecule has 2 saturated heterocycles. The van der Waals surface area contributed by atoms with E-state index in [0.717, 1.165) is 32.7 Å². The van der Waals surface area contributed by atoms with Crippen LogP contribution in [0.5, 0.6) is 0 Å². The van der Waals surface area contributed by atoms with Crippen LogP contribution in [-0.4, -0.2) is 48.5 Å². The Bertz CT molecular complexity index is 127. The molecule has 0 aromatic carbocycles. The van der Waals surface area contributed by atoms with Crippen molar-refractivity contribution in [2.75, 3.05) is 26.2 Å². The van der Waals surface area contributed by atoms with Gasteiger partial charge in [0.1, 0.15) is 0 Å². The minimum absolute atomic E-state index is 0.0995. The van der Waals surface area contributed by atoms with E-state index >= 15 is 0 Å². The maximum absolute atomic E-state index is 9.37. The van der Waals surface area contributed by atoms with Crippen molar-refractivity contribution in [2.24, 2.45) is 0 Å². The number of fused-ring (bicyclic) bond motifs is 2. The molecular formula is C7H13NO2. The Morgan fingerprint density at radius 3 is 3.10 bits per heavy atom. The molecule has 0 spiro atoms. The Morgan fingerprint density at radius 1 is 1.40 bits per heavy atom. The highest BCUT2D eigenvalue weighted by Gasteiger charge is 2.31. The van der Waals surface area contributed by atoms with Crippen LogP contribution in [0, 0.1) is 0 Å². The van der Waals surface area contributed by atoms with Crippen LogP contribution in [0.2, 0.25) is 0 Å². The highest BCUT2D eigenvalue weighted by atomic mass is 16.5. The molecule has 0 amide bonds. The molecular weight excluding hydrogens is 130 g/mol. The quantitative estimate of drug-likeness (QED) is 0.494. The minimum Gasteiger partial charge on any atom is -0.390 e. The van der Waals surface area contributed by atoms with Gasteiger partial charge in [-0.15, -0.1) is 0 Å². The van der Waals surface area contributed by atoms with Crippen molar-refractivity contribution in [1.29, 1.82) is 0 Å². The summed E-state index contributed by atoms with van der Waals surface area (Å²) in [5.41, 5.74) is 0. The van der Waals surface area contributed by atoms with Crippen molar-refractivity contribution < 1.29 is 9.84 Å². The van der Waals surface area contributed by atoms with E-state index in [1.54, 1.807) is 0 Å². The van der Waals surface area contributed by atoms with Gasteiger partial charge < -0.3 is 9.84 Å². The lowest BCUT2D eigenvalue weighted by atomic mass is 10.0. The van der Waals surface area contributed by atoms with E-state index < -0.39 is 0 Å². The number of morpholine rings is 1. The maximum atomic E-state index is 9.37. The van der Waals surface area contributed by atoms with Crippen molar-refractivity contribution in [3.8, 4) is 0 Å². The molecule has 1 unspecified atom stereocenters. The van der Waals surface area contributed by atoms with Crippen LogP contribution in [0.1, 0.15) is 6.42 Å². The SMILES string of the molecule is O[C@H]1CCN2CCO[C@@H]1C2. The molecule has 10 heavy (non-hydrogen) atoms. The number of aliphatic hydroxyl groups is 1. The Kier molecular flexibility index (Phi) is 1.64. The van der Waals surface area contributed by atoms with E-state index in [1.807, 2.05) is 0 Å². The van der Waals surface area contributed by atoms with Crippen molar-refractivity contribution in [2.45, 2.75) is 18.6 Å². The zero-order valence-corrected chi connectivity index (χ0v) is 5.99. The van der Waals surface area contributed by atoms with E-state index in [9.17, 15) is 5.11 Å². The second-order valence-corrected chi connectivity index (χ2v) is 3.07. The number of piperidine rings is 1. The van der Waals surface area contributed by atoms with Gasteiger partial charge in [0.05, 0.1) is 18.8 Å². The second-order valence-electron chi connectivity index (χ2n) is 3.07. The third kappa shape index (κ3) is 1.05. The molecule has 2 rings (SSSR count). The van der Waals surface area contributed by atoms with Gasteiger partial charge in [-0.2, -0.15) is 0 Å². The lowest BCUT2D eigenvalue weighted by Crippen LogP contribution is -2.53. The van der Waals surface area contributed by atoms with Gasteiger partial charge in [-0.3, -0.25) is 4.90 Å². The van der Waals surface area contributed by atoms with Gasteiger partial charge in [0.15, 0.2) is 0 Å². The highest BCUT2D eigenvalue weighted by Crippen LogP contribution is 2.17. The third-order valence-corrected chi connectivity index (χ3v) is 2.35. The Hall–Kier alpha value is -0.120. The molecule has 0 aromatic rings. The first-order valence-electron chi connectivity index (χ1n) is 3.88. The predicted octanol–water partition coefficient (Wildman–Crippen LogP) is -0.548. The fraction of sp³-hybridized carbons (Fsp3) is 1.00. The maximum Gasteiger partial charge on any atom is 0.0961 e. The lowest BCUT2D eigenvalue weighted by Gasteiger charge is -2.40. The number of rotatable bonds is 0. The average molecular weight is 143 g/mol. The van der Waals surface area contributed by atoms with Crippen molar-refractivity contribution in [3.63, 3.8) is 0 Å². The second kappa shape index (κ2) is 2.49. The highest BCUT2D eigenvalue weighted by molar-refractivity contribution is 4.83. The number of ether oxygens (including phenoxy) is 1. The first-order valence-corrected chi connectivity index (χ1v) is 3.88. The fourth-order valence-electron chi connectivity index (χ4n) is 1.67. The summed E-state index contributed by atoms with van der Waals surface area (Å²) in [4.78, 5) is 2.35. The van der Waals surface area contributed by atoms with E-state index in [1.165, 1.54) is 0 Å². The Balaban J connectivity index is 2.00. The molecule has 0 aliphatic carbocycles. The van der Waals surface area contributed by atoms with Gasteiger partial charge in [0, 0.05) is 19.6 Å². The summed E-state index contributed by atoms with van der Waals surface area (Å²) in [7, 11) is 0. The molecule has 2 bridgehead atoms. The van der Waals surface area contributed by atoms with Crippen molar-refractivity contribution in [1.82, 2.24) is 4.90 Å². The third-order valence-electron chi connectivity index (χ3n) is 2.35. The standard InChI is InChI=1S/C7H13NO2/c9-6-1-2-8-3-4-10-7(6)5-8/h6-7,9H,1-5H2/t6-,7+/m0/s1. The van der Waals surface area contributed by atoms with Gasteiger partial charge in [0.25, 0.3) is 0 Å². The Morgan fingerprint density at radius 2 is 2.30 bits per heavy atom. The fourth-order valence-corrected chi connectivity index (χ4v) is 1.67.